The topological polar surface area (TPSA) is 52.6 Å². The molecule has 0 fully saturated rings. The van der Waals surface area contributed by atoms with Crippen LogP contribution < -0.4 is 0 Å². The molecule has 194 valence electrons. The van der Waals surface area contributed by atoms with Crippen LogP contribution in [0.25, 0.3) is 0 Å². The average Bonchev–Trinajstić information content (AvgIpc) is 2.86. The molecular formula is C30H50O4. The summed E-state index contributed by atoms with van der Waals surface area (Å²) in [6.07, 6.45) is 19.9. The second-order valence-corrected chi connectivity index (χ2v) is 9.46. The molecule has 0 saturated heterocycles. The van der Waals surface area contributed by atoms with E-state index >= 15 is 0 Å². The van der Waals surface area contributed by atoms with E-state index in [-0.39, 0.29) is 0 Å². The quantitative estimate of drug-likeness (QED) is 0.132. The molecule has 0 bridgehead atoms. The van der Waals surface area contributed by atoms with Gasteiger partial charge in [-0.05, 0) is 37.0 Å². The van der Waals surface area contributed by atoms with Gasteiger partial charge in [-0.15, -0.1) is 0 Å². The number of ether oxygens (including phenoxy) is 2. The number of benzene rings is 1. The fraction of sp³-hybridized carbons (Fsp3) is 0.733. The van der Waals surface area contributed by atoms with E-state index in [0.29, 0.717) is 24.3 Å². The maximum atomic E-state index is 12.7. The lowest BCUT2D eigenvalue weighted by Gasteiger charge is -2.11. The van der Waals surface area contributed by atoms with Crippen molar-refractivity contribution in [2.24, 2.45) is 0 Å². The van der Waals surface area contributed by atoms with Gasteiger partial charge >= 0.3 is 11.9 Å². The van der Waals surface area contributed by atoms with Crippen LogP contribution in [0.4, 0.5) is 0 Å². The van der Waals surface area contributed by atoms with Crippen molar-refractivity contribution in [1.82, 2.24) is 0 Å². The smallest absolute Gasteiger partial charge is 0.339 e. The molecule has 0 N–H and O–H groups in total. The molecule has 1 aromatic rings. The van der Waals surface area contributed by atoms with Crippen molar-refractivity contribution in [1.29, 1.82) is 0 Å². The Morgan fingerprint density at radius 3 is 1.41 bits per heavy atom. The van der Waals surface area contributed by atoms with Crippen molar-refractivity contribution < 1.29 is 19.1 Å². The van der Waals surface area contributed by atoms with E-state index in [1.807, 2.05) is 13.0 Å². The van der Waals surface area contributed by atoms with Crippen LogP contribution in [0.3, 0.4) is 0 Å². The van der Waals surface area contributed by atoms with Gasteiger partial charge in [0.1, 0.15) is 0 Å². The molecule has 0 aliphatic heterocycles. The van der Waals surface area contributed by atoms with Crippen molar-refractivity contribution in [3.63, 3.8) is 0 Å². The molecule has 4 nitrogen and oxygen atoms in total. The summed E-state index contributed by atoms with van der Waals surface area (Å²) in [5.41, 5.74) is 1.66. The Morgan fingerprint density at radius 2 is 0.971 bits per heavy atom. The first-order chi connectivity index (χ1) is 16.6. The molecule has 0 amide bonds. The van der Waals surface area contributed by atoms with Crippen LogP contribution in [0.5, 0.6) is 0 Å². The van der Waals surface area contributed by atoms with Gasteiger partial charge in [0.05, 0.1) is 24.3 Å². The maximum Gasteiger partial charge on any atom is 0.339 e. The minimum absolute atomic E-state index is 0.317. The van der Waals surface area contributed by atoms with E-state index in [2.05, 4.69) is 13.8 Å². The molecule has 4 heteroatoms. The maximum absolute atomic E-state index is 12.7. The van der Waals surface area contributed by atoms with E-state index in [1.54, 1.807) is 12.1 Å². The number of unbranched alkanes of at least 4 members (excludes halogenated alkanes) is 14. The minimum Gasteiger partial charge on any atom is -0.462 e. The predicted octanol–water partition coefficient (Wildman–Crippen LogP) is 8.84. The Morgan fingerprint density at radius 1 is 0.559 bits per heavy atom. The first-order valence-corrected chi connectivity index (χ1v) is 14.1. The van der Waals surface area contributed by atoms with Gasteiger partial charge in [-0.25, -0.2) is 9.59 Å². The lowest BCUT2D eigenvalue weighted by atomic mass is 10.0. The summed E-state index contributed by atoms with van der Waals surface area (Å²) in [5.74, 6) is -0.845. The summed E-state index contributed by atoms with van der Waals surface area (Å²) in [4.78, 5) is 25.4. The monoisotopic (exact) mass is 474 g/mol. The number of carbonyl (C=O) groups excluding carboxylic acids is 2. The van der Waals surface area contributed by atoms with Gasteiger partial charge in [0.15, 0.2) is 0 Å². The van der Waals surface area contributed by atoms with Crippen LogP contribution in [0, 0.1) is 0 Å². The van der Waals surface area contributed by atoms with Gasteiger partial charge in [-0.1, -0.05) is 117 Å². The summed E-state index contributed by atoms with van der Waals surface area (Å²) >= 11 is 0. The molecule has 0 aliphatic rings. The third-order valence-electron chi connectivity index (χ3n) is 6.39. The highest BCUT2D eigenvalue weighted by atomic mass is 16.5. The summed E-state index contributed by atoms with van der Waals surface area (Å²) < 4.78 is 11.0. The fourth-order valence-electron chi connectivity index (χ4n) is 4.12. The summed E-state index contributed by atoms with van der Waals surface area (Å²) in [5, 5.41) is 0. The van der Waals surface area contributed by atoms with E-state index in [9.17, 15) is 9.59 Å². The van der Waals surface area contributed by atoms with Crippen LogP contribution in [-0.2, 0) is 15.9 Å². The second kappa shape index (κ2) is 20.5. The summed E-state index contributed by atoms with van der Waals surface area (Å²) in [7, 11) is 0. The van der Waals surface area contributed by atoms with E-state index < -0.39 is 11.9 Å². The van der Waals surface area contributed by atoms with Crippen molar-refractivity contribution in [3.05, 3.63) is 34.9 Å². The van der Waals surface area contributed by atoms with Crippen LogP contribution in [0.2, 0.25) is 0 Å². The molecule has 1 aromatic carbocycles. The van der Waals surface area contributed by atoms with Gasteiger partial charge in [0.25, 0.3) is 0 Å². The Labute approximate surface area is 209 Å². The molecule has 0 spiro atoms. The molecule has 1 rings (SSSR count). The van der Waals surface area contributed by atoms with Crippen molar-refractivity contribution in [3.8, 4) is 0 Å². The van der Waals surface area contributed by atoms with Crippen molar-refractivity contribution in [2.45, 2.75) is 130 Å². The van der Waals surface area contributed by atoms with Crippen LogP contribution in [0.1, 0.15) is 150 Å². The number of rotatable bonds is 21. The Bertz CT molecular complexity index is 668. The van der Waals surface area contributed by atoms with Crippen LogP contribution >= 0.6 is 0 Å². The van der Waals surface area contributed by atoms with E-state index in [0.717, 1.165) is 37.7 Å². The zero-order valence-corrected chi connectivity index (χ0v) is 22.3. The zero-order chi connectivity index (χ0) is 24.9. The summed E-state index contributed by atoms with van der Waals surface area (Å²) in [6, 6.07) is 5.38. The van der Waals surface area contributed by atoms with Gasteiger partial charge in [-0.2, -0.15) is 0 Å². The van der Waals surface area contributed by atoms with Crippen molar-refractivity contribution in [2.75, 3.05) is 13.2 Å². The lowest BCUT2D eigenvalue weighted by molar-refractivity contribution is 0.0450. The van der Waals surface area contributed by atoms with Crippen molar-refractivity contribution >= 4 is 11.9 Å². The predicted molar refractivity (Wildman–Crippen MR) is 142 cm³/mol. The minimum atomic E-state index is -0.426. The number of hydrogen-bond acceptors (Lipinski definition) is 4. The molecule has 0 saturated carbocycles. The number of carbonyl (C=O) groups is 2. The number of hydrogen-bond donors (Lipinski definition) is 0. The normalized spacial score (nSPS) is 10.9. The van der Waals surface area contributed by atoms with Crippen LogP contribution in [0.15, 0.2) is 18.2 Å². The third kappa shape index (κ3) is 13.8. The van der Waals surface area contributed by atoms with Gasteiger partial charge < -0.3 is 9.47 Å². The molecule has 0 heterocycles. The lowest BCUT2D eigenvalue weighted by Crippen LogP contribution is -2.15. The first kappa shape index (κ1) is 30.2. The molecule has 0 aromatic heterocycles. The highest BCUT2D eigenvalue weighted by Crippen LogP contribution is 2.17. The van der Waals surface area contributed by atoms with Gasteiger partial charge in [-0.3, -0.25) is 0 Å². The fourth-order valence-corrected chi connectivity index (χ4v) is 4.12. The molecule has 34 heavy (non-hydrogen) atoms. The number of esters is 2. The molecule has 0 unspecified atom stereocenters. The highest BCUT2D eigenvalue weighted by molar-refractivity contribution is 6.03. The molecule has 0 radical (unpaired) electrons. The average molecular weight is 475 g/mol. The zero-order valence-electron chi connectivity index (χ0n) is 22.3. The molecule has 0 aliphatic carbocycles. The third-order valence-corrected chi connectivity index (χ3v) is 6.39. The van der Waals surface area contributed by atoms with E-state index in [1.165, 1.54) is 77.0 Å². The largest absolute Gasteiger partial charge is 0.462 e. The highest BCUT2D eigenvalue weighted by Gasteiger charge is 2.20. The van der Waals surface area contributed by atoms with Gasteiger partial charge in [0.2, 0.25) is 0 Å². The molecular weight excluding hydrogens is 424 g/mol. The standard InChI is InChI=1S/C30H50O4/c1-4-7-9-11-13-15-17-19-23-33-29(31)27-22-21-26(6-3)25-28(27)30(32)34-24-20-18-16-14-12-10-8-5-2/h21-22,25H,4-20,23-24H2,1-3H3. The molecule has 0 atom stereocenters. The number of aryl methyl sites for hydroxylation is 1. The first-order valence-electron chi connectivity index (χ1n) is 14.1. The second-order valence-electron chi connectivity index (χ2n) is 9.46. The van der Waals surface area contributed by atoms with E-state index in [4.69, 9.17) is 9.47 Å². The SMILES string of the molecule is CCCCCCCCCCOC(=O)c1ccc(CC)cc1C(=O)OCCCCCCCCCC. The Hall–Kier alpha value is -1.84. The van der Waals surface area contributed by atoms with Gasteiger partial charge in [0, 0.05) is 0 Å². The summed E-state index contributed by atoms with van der Waals surface area (Å²) in [6.45, 7) is 7.29. The Kier molecular flexibility index (Phi) is 18.2. The Balaban J connectivity index is 2.40. The van der Waals surface area contributed by atoms with Crippen LogP contribution in [-0.4, -0.2) is 25.2 Å².